The molecule has 1 heterocycles. The van der Waals surface area contributed by atoms with Gasteiger partial charge < -0.3 is 15.4 Å². The highest BCUT2D eigenvalue weighted by Crippen LogP contribution is 2.16. The third kappa shape index (κ3) is 8.11. The number of benzene rings is 1. The predicted octanol–water partition coefficient (Wildman–Crippen LogP) is 1.82. The number of ether oxygens (including phenoxy) is 1. The van der Waals surface area contributed by atoms with Gasteiger partial charge in [-0.2, -0.15) is 0 Å². The van der Waals surface area contributed by atoms with Crippen LogP contribution in [-0.4, -0.2) is 56.7 Å². The molecule has 1 aromatic carbocycles. The van der Waals surface area contributed by atoms with E-state index in [0.29, 0.717) is 19.2 Å². The van der Waals surface area contributed by atoms with Crippen molar-refractivity contribution in [3.63, 3.8) is 0 Å². The summed E-state index contributed by atoms with van der Waals surface area (Å²) in [5.41, 5.74) is 1.38. The van der Waals surface area contributed by atoms with Crippen molar-refractivity contribution in [3.05, 3.63) is 35.9 Å². The average Bonchev–Trinajstić information content (AvgIpc) is 2.57. The molecule has 0 aromatic heterocycles. The van der Waals surface area contributed by atoms with Crippen molar-refractivity contribution < 1.29 is 9.53 Å². The molecular formula is C18H30ClN3O2. The number of halogens is 1. The summed E-state index contributed by atoms with van der Waals surface area (Å²) < 4.78 is 5.93. The van der Waals surface area contributed by atoms with Crippen LogP contribution in [0, 0.1) is 0 Å². The third-order valence-electron chi connectivity index (χ3n) is 4.12. The molecule has 1 saturated heterocycles. The number of nitrogens with zero attached hydrogens (tertiary/aromatic N) is 1. The van der Waals surface area contributed by atoms with Crippen molar-refractivity contribution in [2.45, 2.75) is 31.9 Å². The average molecular weight is 356 g/mol. The molecule has 0 unspecified atom stereocenters. The molecule has 1 aromatic rings. The molecule has 0 spiro atoms. The number of rotatable bonds is 9. The smallest absolute Gasteiger partial charge is 0.233 e. The van der Waals surface area contributed by atoms with Gasteiger partial charge in [-0.1, -0.05) is 30.3 Å². The highest BCUT2D eigenvalue weighted by atomic mass is 35.5. The standard InChI is InChI=1S/C18H29N3O2.ClH/c1-19-14-18(22)20-10-5-13-23-17-8-11-21(12-9-17)15-16-6-3-2-4-7-16;/h2-4,6-7,17,19H,5,8-15H2,1H3,(H,20,22);1H. The second-order valence-electron chi connectivity index (χ2n) is 6.07. The lowest BCUT2D eigenvalue weighted by Gasteiger charge is -2.32. The van der Waals surface area contributed by atoms with Crippen LogP contribution >= 0.6 is 12.4 Å². The van der Waals surface area contributed by atoms with Crippen LogP contribution in [0.25, 0.3) is 0 Å². The Balaban J connectivity index is 0.00000288. The second-order valence-corrected chi connectivity index (χ2v) is 6.07. The Morgan fingerprint density at radius 2 is 1.96 bits per heavy atom. The van der Waals surface area contributed by atoms with Crippen LogP contribution in [0.15, 0.2) is 30.3 Å². The molecule has 0 atom stereocenters. The first kappa shape index (κ1) is 20.9. The normalized spacial score (nSPS) is 15.7. The Kier molecular flexibility index (Phi) is 10.7. The lowest BCUT2D eigenvalue weighted by molar-refractivity contribution is -0.120. The van der Waals surface area contributed by atoms with E-state index in [2.05, 4.69) is 45.9 Å². The first-order valence-electron chi connectivity index (χ1n) is 8.57. The third-order valence-corrected chi connectivity index (χ3v) is 4.12. The van der Waals surface area contributed by atoms with Crippen molar-refractivity contribution in [2.75, 3.05) is 39.8 Å². The summed E-state index contributed by atoms with van der Waals surface area (Å²) in [5.74, 6) is 0.0433. The summed E-state index contributed by atoms with van der Waals surface area (Å²) >= 11 is 0. The van der Waals surface area contributed by atoms with E-state index < -0.39 is 0 Å². The minimum absolute atomic E-state index is 0. The Morgan fingerprint density at radius 1 is 1.25 bits per heavy atom. The topological polar surface area (TPSA) is 53.6 Å². The van der Waals surface area contributed by atoms with Gasteiger partial charge in [0.15, 0.2) is 0 Å². The zero-order valence-electron chi connectivity index (χ0n) is 14.5. The van der Waals surface area contributed by atoms with Gasteiger partial charge in [-0.15, -0.1) is 12.4 Å². The van der Waals surface area contributed by atoms with Crippen LogP contribution in [-0.2, 0) is 16.1 Å². The van der Waals surface area contributed by atoms with Crippen LogP contribution < -0.4 is 10.6 Å². The highest BCUT2D eigenvalue weighted by molar-refractivity contribution is 5.85. The fourth-order valence-corrected chi connectivity index (χ4v) is 2.85. The maximum absolute atomic E-state index is 11.3. The van der Waals surface area contributed by atoms with Gasteiger partial charge in [0.05, 0.1) is 12.6 Å². The van der Waals surface area contributed by atoms with Crippen LogP contribution in [0.4, 0.5) is 0 Å². The number of likely N-dealkylation sites (tertiary alicyclic amines) is 1. The number of carbonyl (C=O) groups is 1. The van der Waals surface area contributed by atoms with Crippen LogP contribution in [0.3, 0.4) is 0 Å². The van der Waals surface area contributed by atoms with E-state index >= 15 is 0 Å². The van der Waals surface area contributed by atoms with E-state index in [1.165, 1.54) is 5.56 Å². The summed E-state index contributed by atoms with van der Waals surface area (Å²) in [7, 11) is 1.77. The van der Waals surface area contributed by atoms with Gasteiger partial charge in [0.1, 0.15) is 0 Å². The molecule has 5 nitrogen and oxygen atoms in total. The fourth-order valence-electron chi connectivity index (χ4n) is 2.85. The van der Waals surface area contributed by atoms with E-state index in [-0.39, 0.29) is 18.3 Å². The molecule has 136 valence electrons. The molecule has 6 heteroatoms. The van der Waals surface area contributed by atoms with Gasteiger partial charge in [0.25, 0.3) is 0 Å². The van der Waals surface area contributed by atoms with Crippen LogP contribution in [0.2, 0.25) is 0 Å². The summed E-state index contributed by atoms with van der Waals surface area (Å²) in [4.78, 5) is 13.8. The van der Waals surface area contributed by atoms with Crippen LogP contribution in [0.1, 0.15) is 24.8 Å². The van der Waals surface area contributed by atoms with Crippen molar-refractivity contribution in [1.29, 1.82) is 0 Å². The molecule has 24 heavy (non-hydrogen) atoms. The monoisotopic (exact) mass is 355 g/mol. The maximum atomic E-state index is 11.3. The minimum atomic E-state index is 0. The zero-order valence-corrected chi connectivity index (χ0v) is 15.3. The molecule has 0 aliphatic carbocycles. The number of likely N-dealkylation sites (N-methyl/N-ethyl adjacent to an activating group) is 1. The highest BCUT2D eigenvalue weighted by Gasteiger charge is 2.19. The SMILES string of the molecule is CNCC(=O)NCCCOC1CCN(Cc2ccccc2)CC1.Cl. The number of carbonyl (C=O) groups excluding carboxylic acids is 1. The zero-order chi connectivity index (χ0) is 16.3. The van der Waals surface area contributed by atoms with Gasteiger partial charge in [-0.3, -0.25) is 9.69 Å². The summed E-state index contributed by atoms with van der Waals surface area (Å²) in [5, 5.41) is 5.70. The molecule has 1 aliphatic heterocycles. The van der Waals surface area contributed by atoms with Crippen LogP contribution in [0.5, 0.6) is 0 Å². The van der Waals surface area contributed by atoms with Crippen molar-refractivity contribution >= 4 is 18.3 Å². The predicted molar refractivity (Wildman–Crippen MR) is 99.5 cm³/mol. The lowest BCUT2D eigenvalue weighted by Crippen LogP contribution is -2.37. The van der Waals surface area contributed by atoms with E-state index in [0.717, 1.165) is 45.5 Å². The second kappa shape index (κ2) is 12.3. The molecule has 0 saturated carbocycles. The Labute approximate surface area is 151 Å². The molecule has 0 radical (unpaired) electrons. The first-order valence-corrected chi connectivity index (χ1v) is 8.57. The molecule has 2 N–H and O–H groups in total. The fraction of sp³-hybridized carbons (Fsp3) is 0.611. The molecule has 1 fully saturated rings. The molecule has 0 bridgehead atoms. The lowest BCUT2D eigenvalue weighted by atomic mass is 10.1. The maximum Gasteiger partial charge on any atom is 0.233 e. The number of amides is 1. The number of hydrogen-bond donors (Lipinski definition) is 2. The summed E-state index contributed by atoms with van der Waals surface area (Å²) in [6.07, 6.45) is 3.44. The minimum Gasteiger partial charge on any atom is -0.378 e. The molecule has 2 rings (SSSR count). The van der Waals surface area contributed by atoms with E-state index in [1.807, 2.05) is 0 Å². The van der Waals surface area contributed by atoms with Gasteiger partial charge in [-0.25, -0.2) is 0 Å². The van der Waals surface area contributed by atoms with E-state index in [9.17, 15) is 4.79 Å². The van der Waals surface area contributed by atoms with Crippen molar-refractivity contribution in [3.8, 4) is 0 Å². The van der Waals surface area contributed by atoms with Crippen molar-refractivity contribution in [1.82, 2.24) is 15.5 Å². The first-order chi connectivity index (χ1) is 11.3. The Morgan fingerprint density at radius 3 is 2.62 bits per heavy atom. The summed E-state index contributed by atoms with van der Waals surface area (Å²) in [6.45, 7) is 5.01. The largest absolute Gasteiger partial charge is 0.378 e. The summed E-state index contributed by atoms with van der Waals surface area (Å²) in [6, 6.07) is 10.6. The van der Waals surface area contributed by atoms with Gasteiger partial charge >= 0.3 is 0 Å². The number of piperidine rings is 1. The number of hydrogen-bond acceptors (Lipinski definition) is 4. The van der Waals surface area contributed by atoms with Gasteiger partial charge in [0, 0.05) is 32.8 Å². The van der Waals surface area contributed by atoms with Crippen molar-refractivity contribution in [2.24, 2.45) is 0 Å². The van der Waals surface area contributed by atoms with E-state index in [1.54, 1.807) is 7.05 Å². The number of nitrogens with one attached hydrogen (secondary N) is 2. The van der Waals surface area contributed by atoms with Gasteiger partial charge in [-0.05, 0) is 31.9 Å². The Bertz CT molecular complexity index is 451. The quantitative estimate of drug-likeness (QED) is 0.663. The molecule has 1 amide bonds. The molecular weight excluding hydrogens is 326 g/mol. The van der Waals surface area contributed by atoms with E-state index in [4.69, 9.17) is 4.74 Å². The van der Waals surface area contributed by atoms with Gasteiger partial charge in [0.2, 0.25) is 5.91 Å². The Hall–Kier alpha value is -1.14. The molecule has 1 aliphatic rings.